The number of hydrogen-bond donors (Lipinski definition) is 2. The lowest BCUT2D eigenvalue weighted by atomic mass is 9.44. The molecule has 4 aliphatic rings. The third-order valence-electron chi connectivity index (χ3n) is 12.9. The molecule has 0 radical (unpaired) electrons. The van der Waals surface area contributed by atoms with Gasteiger partial charge in [-0.1, -0.05) is 76.2 Å². The fourth-order valence-electron chi connectivity index (χ4n) is 9.51. The van der Waals surface area contributed by atoms with Gasteiger partial charge < -0.3 is 33.9 Å². The van der Waals surface area contributed by atoms with Crippen LogP contribution in [0.5, 0.6) is 0 Å². The topological polar surface area (TPSA) is 172 Å². The van der Waals surface area contributed by atoms with Crippen LogP contribution in [0.25, 0.3) is 0 Å². The Kier molecular flexibility index (Phi) is 10.2. The van der Waals surface area contributed by atoms with Crippen LogP contribution in [0.15, 0.2) is 71.8 Å². The Hall–Kier alpha value is -4.39. The molecule has 6 rings (SSSR count). The minimum Gasteiger partial charge on any atom is -0.457 e. The summed E-state index contributed by atoms with van der Waals surface area (Å²) in [5.41, 5.74) is -5.76. The highest BCUT2D eigenvalue weighted by molar-refractivity contribution is 5.95. The molecule has 1 heterocycles. The number of Topliss-reactive ketones (excluding diaryl/α,β-unsaturated/α-hetero) is 1. The highest BCUT2D eigenvalue weighted by Crippen LogP contribution is 2.64. The van der Waals surface area contributed by atoms with Gasteiger partial charge in [0.1, 0.15) is 23.9 Å². The van der Waals surface area contributed by atoms with Crippen LogP contribution in [0.1, 0.15) is 90.1 Å². The van der Waals surface area contributed by atoms with E-state index in [2.05, 4.69) is 0 Å². The highest BCUT2D eigenvalue weighted by Gasteiger charge is 2.78. The van der Waals surface area contributed by atoms with Crippen LogP contribution in [0.4, 0.5) is 0 Å². The maximum atomic E-state index is 15.3. The number of ketones is 1. The number of aliphatic hydroxyl groups excluding tert-OH is 1. The van der Waals surface area contributed by atoms with Crippen LogP contribution in [-0.4, -0.2) is 88.2 Å². The average Bonchev–Trinajstić information content (AvgIpc) is 3.12. The van der Waals surface area contributed by atoms with Gasteiger partial charge in [-0.05, 0) is 48.6 Å². The number of ether oxygens (including phenoxy) is 5. The van der Waals surface area contributed by atoms with Gasteiger partial charge in [-0.3, -0.25) is 19.2 Å². The Morgan fingerprint density at radius 1 is 0.889 bits per heavy atom. The molecule has 1 aliphatic heterocycles. The SMILES string of the molecule is CC(=O)O[C@H]1C(=O)[C@@]2(C)C(C(OC(=O)c3ccccc3)[C@]3(O)C[C@H](OC(=O)C(C)[C@@H](C)c4ccccc4)C(C)=C1C3(C)C)[C@]1(OC(C)=O)CO[C@@H]1C[C@@H]2O. The van der Waals surface area contributed by atoms with Crippen LogP contribution < -0.4 is 0 Å². The summed E-state index contributed by atoms with van der Waals surface area (Å²) in [4.78, 5) is 69.2. The maximum Gasteiger partial charge on any atom is 0.338 e. The molecule has 12 nitrogen and oxygen atoms in total. The molecular weight excluding hydrogens is 696 g/mol. The molecule has 2 bridgehead atoms. The molecule has 1 saturated heterocycles. The zero-order chi connectivity index (χ0) is 39.5. The fourth-order valence-corrected chi connectivity index (χ4v) is 9.51. The van der Waals surface area contributed by atoms with Crippen molar-refractivity contribution in [3.63, 3.8) is 0 Å². The molecule has 0 amide bonds. The minimum absolute atomic E-state index is 0.139. The lowest BCUT2D eigenvalue weighted by Crippen LogP contribution is -2.82. The third kappa shape index (κ3) is 6.06. The van der Waals surface area contributed by atoms with E-state index in [1.54, 1.807) is 45.9 Å². The number of carbonyl (C=O) groups excluding carboxylic acids is 5. The smallest absolute Gasteiger partial charge is 0.338 e. The van der Waals surface area contributed by atoms with Gasteiger partial charge in [-0.15, -0.1) is 0 Å². The normalized spacial score (nSPS) is 35.0. The van der Waals surface area contributed by atoms with E-state index < -0.39 is 94.0 Å². The Balaban J connectivity index is 1.58. The molecule has 3 aliphatic carbocycles. The lowest BCUT2D eigenvalue weighted by molar-refractivity contribution is -0.346. The first-order valence-corrected chi connectivity index (χ1v) is 18.5. The molecule has 0 spiro atoms. The van der Waals surface area contributed by atoms with E-state index in [0.717, 1.165) is 12.5 Å². The second-order valence-electron chi connectivity index (χ2n) is 16.2. The predicted octanol–water partition coefficient (Wildman–Crippen LogP) is 4.64. The molecule has 3 fully saturated rings. The van der Waals surface area contributed by atoms with Gasteiger partial charge in [0.15, 0.2) is 17.5 Å². The zero-order valence-corrected chi connectivity index (χ0v) is 32.0. The van der Waals surface area contributed by atoms with E-state index in [9.17, 15) is 29.4 Å². The van der Waals surface area contributed by atoms with Crippen LogP contribution in [0, 0.1) is 22.7 Å². The quantitative estimate of drug-likeness (QED) is 0.218. The Morgan fingerprint density at radius 3 is 2.06 bits per heavy atom. The number of carbonyl (C=O) groups is 5. The molecule has 2 aromatic rings. The summed E-state index contributed by atoms with van der Waals surface area (Å²) in [6.45, 7) is 12.2. The molecule has 2 N–H and O–H groups in total. The minimum atomic E-state index is -2.21. The van der Waals surface area contributed by atoms with E-state index in [1.807, 2.05) is 37.3 Å². The van der Waals surface area contributed by atoms with Crippen molar-refractivity contribution >= 4 is 29.7 Å². The summed E-state index contributed by atoms with van der Waals surface area (Å²) in [5.74, 6) is -6.05. The summed E-state index contributed by atoms with van der Waals surface area (Å²) in [7, 11) is 0. The molecule has 2 saturated carbocycles. The van der Waals surface area contributed by atoms with E-state index in [-0.39, 0.29) is 36.5 Å². The van der Waals surface area contributed by atoms with Crippen LogP contribution in [-0.2, 0) is 42.9 Å². The van der Waals surface area contributed by atoms with Crippen molar-refractivity contribution in [2.75, 3.05) is 6.61 Å². The zero-order valence-electron chi connectivity index (χ0n) is 32.0. The number of esters is 4. The van der Waals surface area contributed by atoms with E-state index >= 15 is 4.79 Å². The van der Waals surface area contributed by atoms with Crippen molar-refractivity contribution < 1.29 is 57.9 Å². The van der Waals surface area contributed by atoms with E-state index in [1.165, 1.54) is 26.0 Å². The van der Waals surface area contributed by atoms with Gasteiger partial charge in [-0.25, -0.2) is 4.79 Å². The Morgan fingerprint density at radius 2 is 1.50 bits per heavy atom. The second kappa shape index (κ2) is 14.0. The number of fused-ring (bicyclic) bond motifs is 5. The van der Waals surface area contributed by atoms with Gasteiger partial charge in [0.25, 0.3) is 0 Å². The highest BCUT2D eigenvalue weighted by atomic mass is 16.6. The molecule has 54 heavy (non-hydrogen) atoms. The summed E-state index contributed by atoms with van der Waals surface area (Å²) < 4.78 is 30.5. The molecule has 12 heteroatoms. The van der Waals surface area contributed by atoms with Crippen LogP contribution in [0.2, 0.25) is 0 Å². The van der Waals surface area contributed by atoms with E-state index in [0.29, 0.717) is 5.57 Å². The second-order valence-corrected chi connectivity index (χ2v) is 16.2. The summed E-state index contributed by atoms with van der Waals surface area (Å²) in [6, 6.07) is 17.5. The molecule has 290 valence electrons. The van der Waals surface area contributed by atoms with Gasteiger partial charge in [-0.2, -0.15) is 0 Å². The van der Waals surface area contributed by atoms with Crippen molar-refractivity contribution in [3.8, 4) is 0 Å². The monoisotopic (exact) mass is 746 g/mol. The van der Waals surface area contributed by atoms with E-state index in [4.69, 9.17) is 23.7 Å². The first kappa shape index (κ1) is 39.3. The standard InChI is InChI=1S/C42H50O12/c1-22(27-15-11-9-12-16-27)23(2)37(47)52-29-20-42(49)36(53-38(48)28-17-13-10-14-18-28)34-40(8,30(45)19-31-41(34,21-50-31)54-26(5)44)35(46)33(51-25(4)43)32(24(29)3)39(42,6)7/h9-18,22-23,29-31,33-34,36,45,49H,19-21H2,1-8H3/t22-,23?,29+,30+,31-,33-,34?,36?,40-,41+,42-/m1/s1. The summed E-state index contributed by atoms with van der Waals surface area (Å²) >= 11 is 0. The third-order valence-corrected chi connectivity index (χ3v) is 12.9. The molecule has 2 aromatic carbocycles. The summed E-state index contributed by atoms with van der Waals surface area (Å²) in [6.07, 6.45) is -7.44. The molecular formula is C42H50O12. The van der Waals surface area contributed by atoms with Gasteiger partial charge in [0.05, 0.1) is 35.5 Å². The number of hydrogen-bond acceptors (Lipinski definition) is 12. The Bertz CT molecular complexity index is 1850. The van der Waals surface area contributed by atoms with Gasteiger partial charge in [0.2, 0.25) is 0 Å². The van der Waals surface area contributed by atoms with Gasteiger partial charge in [0, 0.05) is 32.1 Å². The lowest BCUT2D eigenvalue weighted by Gasteiger charge is -2.67. The molecule has 3 unspecified atom stereocenters. The first-order chi connectivity index (χ1) is 25.3. The number of aliphatic hydroxyl groups is 2. The fraction of sp³-hybridized carbons (Fsp3) is 0.548. The van der Waals surface area contributed by atoms with Crippen molar-refractivity contribution in [2.24, 2.45) is 22.7 Å². The predicted molar refractivity (Wildman–Crippen MR) is 193 cm³/mol. The number of benzene rings is 2. The largest absolute Gasteiger partial charge is 0.457 e. The Labute approximate surface area is 315 Å². The number of rotatable bonds is 8. The van der Waals surface area contributed by atoms with Crippen LogP contribution in [0.3, 0.4) is 0 Å². The molecule has 0 aromatic heterocycles. The van der Waals surface area contributed by atoms with Crippen molar-refractivity contribution in [1.82, 2.24) is 0 Å². The van der Waals surface area contributed by atoms with Crippen molar-refractivity contribution in [1.29, 1.82) is 0 Å². The summed E-state index contributed by atoms with van der Waals surface area (Å²) in [5, 5.41) is 25.5. The van der Waals surface area contributed by atoms with Crippen molar-refractivity contribution in [2.45, 2.75) is 116 Å². The van der Waals surface area contributed by atoms with Gasteiger partial charge >= 0.3 is 23.9 Å². The van der Waals surface area contributed by atoms with Crippen molar-refractivity contribution in [3.05, 3.63) is 82.9 Å². The average molecular weight is 747 g/mol. The van der Waals surface area contributed by atoms with Crippen LogP contribution >= 0.6 is 0 Å². The molecule has 11 atom stereocenters. The maximum absolute atomic E-state index is 15.3. The first-order valence-electron chi connectivity index (χ1n) is 18.5.